The molecule has 1 aromatic carbocycles. The summed E-state index contributed by atoms with van der Waals surface area (Å²) in [5.74, 6) is 0.746. The maximum atomic E-state index is 5.58. The van der Waals surface area contributed by atoms with Crippen LogP contribution in [-0.4, -0.2) is 12.2 Å². The molecule has 0 aliphatic heterocycles. The molecule has 0 atom stereocenters. The van der Waals surface area contributed by atoms with E-state index in [1.807, 2.05) is 37.4 Å². The highest BCUT2D eigenvalue weighted by atomic mass is 79.9. The van der Waals surface area contributed by atoms with Gasteiger partial charge in [0.25, 0.3) is 0 Å². The lowest BCUT2D eigenvalue weighted by atomic mass is 10.2. The van der Waals surface area contributed by atoms with Crippen molar-refractivity contribution in [2.75, 3.05) is 7.05 Å². The second-order valence-corrected chi connectivity index (χ2v) is 4.85. The van der Waals surface area contributed by atoms with Gasteiger partial charge in [0.1, 0.15) is 6.61 Å². The van der Waals surface area contributed by atoms with Gasteiger partial charge in [-0.3, -0.25) is 0 Å². The molecule has 0 radical (unpaired) electrons. The zero-order chi connectivity index (χ0) is 12.8. The lowest BCUT2D eigenvalue weighted by molar-refractivity contribution is 0.0883. The summed E-state index contributed by atoms with van der Waals surface area (Å²) < 4.78 is 11.8. The van der Waals surface area contributed by atoms with Gasteiger partial charge in [0.2, 0.25) is 0 Å². The summed E-state index contributed by atoms with van der Waals surface area (Å²) in [5.41, 5.74) is 2.01. The third-order valence-electron chi connectivity index (χ3n) is 2.37. The maximum Gasteiger partial charge on any atom is 0.162 e. The lowest BCUT2D eigenvalue weighted by Gasteiger charge is -2.02. The highest BCUT2D eigenvalue weighted by Crippen LogP contribution is 2.13. The van der Waals surface area contributed by atoms with E-state index in [2.05, 4.69) is 26.4 Å². The first-order valence-corrected chi connectivity index (χ1v) is 6.48. The van der Waals surface area contributed by atoms with Crippen LogP contribution in [0.4, 0.5) is 0 Å². The average Bonchev–Trinajstić information content (AvgIpc) is 2.78. The van der Waals surface area contributed by atoms with Crippen molar-refractivity contribution in [2.45, 2.75) is 19.8 Å². The Morgan fingerprint density at radius 2 is 2.22 bits per heavy atom. The standard InChI is InChI=1S/C13H15BrN2O2/c1-15-7-12-6-13(18-16-12)9-17-8-10-3-2-4-11(14)5-10/h2-6,15H,7-9H2,1H3. The van der Waals surface area contributed by atoms with E-state index >= 15 is 0 Å². The first-order chi connectivity index (χ1) is 8.78. The summed E-state index contributed by atoms with van der Waals surface area (Å²) in [5, 5.41) is 6.94. The number of hydrogen-bond donors (Lipinski definition) is 1. The Hall–Kier alpha value is -1.17. The van der Waals surface area contributed by atoms with Crippen LogP contribution in [0, 0.1) is 0 Å². The molecule has 0 fully saturated rings. The van der Waals surface area contributed by atoms with Crippen LogP contribution in [0.15, 0.2) is 39.3 Å². The largest absolute Gasteiger partial charge is 0.369 e. The Balaban J connectivity index is 1.81. The molecule has 0 saturated heterocycles. The Labute approximate surface area is 114 Å². The number of halogens is 1. The number of nitrogens with one attached hydrogen (secondary N) is 1. The topological polar surface area (TPSA) is 47.3 Å². The molecular formula is C13H15BrN2O2. The second-order valence-electron chi connectivity index (χ2n) is 3.94. The number of nitrogens with zero attached hydrogens (tertiary/aromatic N) is 1. The number of benzene rings is 1. The normalized spacial score (nSPS) is 10.8. The van der Waals surface area contributed by atoms with Crippen LogP contribution in [0.3, 0.4) is 0 Å². The third-order valence-corrected chi connectivity index (χ3v) is 2.86. The van der Waals surface area contributed by atoms with E-state index in [1.54, 1.807) is 0 Å². The number of aromatic nitrogens is 1. The maximum absolute atomic E-state index is 5.58. The minimum Gasteiger partial charge on any atom is -0.369 e. The summed E-state index contributed by atoms with van der Waals surface area (Å²) in [4.78, 5) is 0. The molecule has 1 heterocycles. The molecule has 1 aromatic heterocycles. The summed E-state index contributed by atoms with van der Waals surface area (Å²) in [7, 11) is 1.87. The molecule has 18 heavy (non-hydrogen) atoms. The number of hydrogen-bond acceptors (Lipinski definition) is 4. The van der Waals surface area contributed by atoms with E-state index < -0.39 is 0 Å². The van der Waals surface area contributed by atoms with Crippen molar-refractivity contribution in [3.05, 3.63) is 51.8 Å². The molecule has 0 amide bonds. The zero-order valence-electron chi connectivity index (χ0n) is 10.1. The van der Waals surface area contributed by atoms with E-state index in [1.165, 1.54) is 0 Å². The van der Waals surface area contributed by atoms with E-state index in [4.69, 9.17) is 9.26 Å². The molecule has 2 rings (SSSR count). The molecule has 1 N–H and O–H groups in total. The van der Waals surface area contributed by atoms with Crippen molar-refractivity contribution in [3.8, 4) is 0 Å². The van der Waals surface area contributed by atoms with Gasteiger partial charge < -0.3 is 14.6 Å². The molecule has 0 spiro atoms. The fourth-order valence-corrected chi connectivity index (χ4v) is 2.03. The Bertz CT molecular complexity index is 499. The van der Waals surface area contributed by atoms with Crippen LogP contribution in [0.5, 0.6) is 0 Å². The fourth-order valence-electron chi connectivity index (χ4n) is 1.58. The van der Waals surface area contributed by atoms with Gasteiger partial charge in [0, 0.05) is 17.1 Å². The molecule has 96 valence electrons. The van der Waals surface area contributed by atoms with Crippen molar-refractivity contribution in [1.29, 1.82) is 0 Å². The van der Waals surface area contributed by atoms with Crippen LogP contribution in [-0.2, 0) is 24.5 Å². The Kier molecular flexibility index (Phi) is 4.92. The predicted octanol–water partition coefficient (Wildman–Crippen LogP) is 2.87. The molecule has 0 aliphatic carbocycles. The fraction of sp³-hybridized carbons (Fsp3) is 0.308. The smallest absolute Gasteiger partial charge is 0.162 e. The third kappa shape index (κ3) is 3.94. The van der Waals surface area contributed by atoms with Gasteiger partial charge in [0.05, 0.1) is 12.3 Å². The second kappa shape index (κ2) is 6.68. The molecule has 5 heteroatoms. The minimum absolute atomic E-state index is 0.434. The summed E-state index contributed by atoms with van der Waals surface area (Å²) in [6, 6.07) is 9.94. The van der Waals surface area contributed by atoms with Gasteiger partial charge in [-0.25, -0.2) is 0 Å². The van der Waals surface area contributed by atoms with Gasteiger partial charge in [-0.2, -0.15) is 0 Å². The van der Waals surface area contributed by atoms with Crippen molar-refractivity contribution in [2.24, 2.45) is 0 Å². The quantitative estimate of drug-likeness (QED) is 0.891. The van der Waals surface area contributed by atoms with Gasteiger partial charge in [0.15, 0.2) is 5.76 Å². The van der Waals surface area contributed by atoms with Crippen molar-refractivity contribution < 1.29 is 9.26 Å². The summed E-state index contributed by atoms with van der Waals surface area (Å²) >= 11 is 3.43. The van der Waals surface area contributed by atoms with Crippen LogP contribution >= 0.6 is 15.9 Å². The van der Waals surface area contributed by atoms with Crippen LogP contribution < -0.4 is 5.32 Å². The zero-order valence-corrected chi connectivity index (χ0v) is 11.7. The van der Waals surface area contributed by atoms with Gasteiger partial charge in [-0.05, 0) is 24.7 Å². The lowest BCUT2D eigenvalue weighted by Crippen LogP contribution is -2.04. The van der Waals surface area contributed by atoms with Crippen molar-refractivity contribution >= 4 is 15.9 Å². The highest BCUT2D eigenvalue weighted by Gasteiger charge is 2.03. The molecule has 2 aromatic rings. The van der Waals surface area contributed by atoms with E-state index in [0.29, 0.717) is 19.8 Å². The Morgan fingerprint density at radius 3 is 3.00 bits per heavy atom. The first kappa shape index (κ1) is 13.3. The molecule has 0 unspecified atom stereocenters. The monoisotopic (exact) mass is 310 g/mol. The highest BCUT2D eigenvalue weighted by molar-refractivity contribution is 9.10. The summed E-state index contributed by atoms with van der Waals surface area (Å²) in [6.45, 7) is 1.69. The van der Waals surface area contributed by atoms with Gasteiger partial charge >= 0.3 is 0 Å². The minimum atomic E-state index is 0.434. The van der Waals surface area contributed by atoms with Crippen LogP contribution in [0.1, 0.15) is 17.0 Å². The van der Waals surface area contributed by atoms with Crippen molar-refractivity contribution in [3.63, 3.8) is 0 Å². The average molecular weight is 311 g/mol. The SMILES string of the molecule is CNCc1cc(COCc2cccc(Br)c2)on1. The molecule has 0 saturated carbocycles. The summed E-state index contributed by atoms with van der Waals surface area (Å²) in [6.07, 6.45) is 0. The van der Waals surface area contributed by atoms with Crippen molar-refractivity contribution in [1.82, 2.24) is 10.5 Å². The van der Waals surface area contributed by atoms with Crippen LogP contribution in [0.25, 0.3) is 0 Å². The van der Waals surface area contributed by atoms with E-state index in [9.17, 15) is 0 Å². The predicted molar refractivity (Wildman–Crippen MR) is 71.9 cm³/mol. The number of ether oxygens (including phenoxy) is 1. The molecule has 0 aliphatic rings. The van der Waals surface area contributed by atoms with E-state index in [-0.39, 0.29) is 0 Å². The molecule has 0 bridgehead atoms. The first-order valence-electron chi connectivity index (χ1n) is 5.69. The van der Waals surface area contributed by atoms with E-state index in [0.717, 1.165) is 21.5 Å². The van der Waals surface area contributed by atoms with Gasteiger partial charge in [-0.15, -0.1) is 0 Å². The van der Waals surface area contributed by atoms with Crippen LogP contribution in [0.2, 0.25) is 0 Å². The van der Waals surface area contributed by atoms with Gasteiger partial charge in [-0.1, -0.05) is 33.2 Å². The molecule has 4 nitrogen and oxygen atoms in total. The Morgan fingerprint density at radius 1 is 1.33 bits per heavy atom. The number of rotatable bonds is 6. The molecular weight excluding hydrogens is 296 g/mol.